The lowest BCUT2D eigenvalue weighted by atomic mass is 9.95. The lowest BCUT2D eigenvalue weighted by Gasteiger charge is -2.24. The van der Waals surface area contributed by atoms with Crippen molar-refractivity contribution in [1.82, 2.24) is 5.01 Å². The molecule has 1 heterocycles. The molecule has 0 bridgehead atoms. The fourth-order valence-corrected chi connectivity index (χ4v) is 1.83. The average Bonchev–Trinajstić information content (AvgIpc) is 2.53. The minimum atomic E-state index is -0.660. The van der Waals surface area contributed by atoms with E-state index in [2.05, 4.69) is 5.10 Å². The van der Waals surface area contributed by atoms with E-state index < -0.39 is 17.2 Å². The van der Waals surface area contributed by atoms with Gasteiger partial charge in [-0.25, -0.2) is 13.8 Å². The van der Waals surface area contributed by atoms with Gasteiger partial charge >= 0.3 is 0 Å². The Morgan fingerprint density at radius 1 is 1.41 bits per heavy atom. The molecular formula is C12H12F2N2O. The topological polar surface area (TPSA) is 32.7 Å². The van der Waals surface area contributed by atoms with Gasteiger partial charge in [0.15, 0.2) is 0 Å². The monoisotopic (exact) mass is 238 g/mol. The number of carbonyl (C=O) groups excluding carboxylic acids is 1. The third kappa shape index (κ3) is 2.05. The normalized spacial score (nSPS) is 18.1. The second-order valence-electron chi connectivity index (χ2n) is 4.61. The molecule has 0 atom stereocenters. The van der Waals surface area contributed by atoms with Crippen LogP contribution in [0.5, 0.6) is 0 Å². The first-order valence-corrected chi connectivity index (χ1v) is 5.21. The van der Waals surface area contributed by atoms with Crippen LogP contribution in [-0.2, 0) is 4.79 Å². The first kappa shape index (κ1) is 11.7. The summed E-state index contributed by atoms with van der Waals surface area (Å²) in [6, 6.07) is 3.33. The van der Waals surface area contributed by atoms with Gasteiger partial charge in [-0.05, 0) is 26.0 Å². The Morgan fingerprint density at radius 3 is 2.65 bits per heavy atom. The van der Waals surface area contributed by atoms with Gasteiger partial charge < -0.3 is 0 Å². The van der Waals surface area contributed by atoms with Crippen molar-refractivity contribution >= 4 is 12.1 Å². The van der Waals surface area contributed by atoms with E-state index in [9.17, 15) is 13.6 Å². The Balaban J connectivity index is 2.39. The molecular weight excluding hydrogens is 226 g/mol. The van der Waals surface area contributed by atoms with Crippen LogP contribution in [0.2, 0.25) is 0 Å². The number of nitrogens with zero attached hydrogens (tertiary/aromatic N) is 2. The number of halogens is 2. The molecule has 1 aromatic carbocycles. The molecule has 90 valence electrons. The van der Waals surface area contributed by atoms with Crippen LogP contribution < -0.4 is 0 Å². The molecule has 0 aliphatic carbocycles. The van der Waals surface area contributed by atoms with E-state index in [1.165, 1.54) is 17.1 Å². The number of amides is 1. The molecule has 1 aliphatic rings. The quantitative estimate of drug-likeness (QED) is 0.728. The third-order valence-electron chi connectivity index (χ3n) is 2.79. The van der Waals surface area contributed by atoms with Crippen LogP contribution in [0.3, 0.4) is 0 Å². The summed E-state index contributed by atoms with van der Waals surface area (Å²) in [5.74, 6) is -1.29. The van der Waals surface area contributed by atoms with Gasteiger partial charge in [0.2, 0.25) is 6.41 Å². The van der Waals surface area contributed by atoms with Gasteiger partial charge in [0.25, 0.3) is 0 Å². The lowest BCUT2D eigenvalue weighted by molar-refractivity contribution is -0.121. The van der Waals surface area contributed by atoms with Gasteiger partial charge in [-0.3, -0.25) is 4.79 Å². The predicted octanol–water partition coefficient (Wildman–Crippen LogP) is 2.31. The van der Waals surface area contributed by atoms with Crippen molar-refractivity contribution in [2.24, 2.45) is 5.10 Å². The maximum absolute atomic E-state index is 13.6. The molecule has 17 heavy (non-hydrogen) atoms. The molecule has 5 heteroatoms. The Kier molecular flexibility index (Phi) is 2.69. The fraction of sp³-hybridized carbons (Fsp3) is 0.333. The van der Waals surface area contributed by atoms with Crippen LogP contribution in [-0.4, -0.2) is 22.7 Å². The van der Waals surface area contributed by atoms with E-state index in [1.54, 1.807) is 0 Å². The number of carbonyl (C=O) groups is 1. The maximum atomic E-state index is 13.6. The van der Waals surface area contributed by atoms with E-state index in [0.29, 0.717) is 18.5 Å². The van der Waals surface area contributed by atoms with Crippen molar-refractivity contribution in [3.8, 4) is 0 Å². The van der Waals surface area contributed by atoms with E-state index >= 15 is 0 Å². The molecule has 0 spiro atoms. The molecule has 1 aliphatic heterocycles. The Hall–Kier alpha value is -1.78. The number of rotatable bonds is 2. The van der Waals surface area contributed by atoms with E-state index in [0.717, 1.165) is 6.07 Å². The molecule has 1 aromatic rings. The first-order valence-electron chi connectivity index (χ1n) is 5.21. The SMILES string of the molecule is CC1(C)CC(c2ccc(F)cc2F)=NN1C=O. The third-order valence-corrected chi connectivity index (χ3v) is 2.79. The number of hydrogen-bond acceptors (Lipinski definition) is 2. The van der Waals surface area contributed by atoms with Crippen LogP contribution in [0.25, 0.3) is 0 Å². The van der Waals surface area contributed by atoms with Crippen molar-refractivity contribution < 1.29 is 13.6 Å². The molecule has 0 N–H and O–H groups in total. The highest BCUT2D eigenvalue weighted by molar-refractivity contribution is 6.03. The average molecular weight is 238 g/mol. The summed E-state index contributed by atoms with van der Waals surface area (Å²) < 4.78 is 26.3. The summed E-state index contributed by atoms with van der Waals surface area (Å²) in [7, 11) is 0. The summed E-state index contributed by atoms with van der Waals surface area (Å²) in [6.07, 6.45) is 1.04. The highest BCUT2D eigenvalue weighted by atomic mass is 19.1. The molecule has 1 amide bonds. The van der Waals surface area contributed by atoms with Gasteiger partial charge in [0, 0.05) is 18.1 Å². The van der Waals surface area contributed by atoms with E-state index in [4.69, 9.17) is 0 Å². The molecule has 0 unspecified atom stereocenters. The van der Waals surface area contributed by atoms with Crippen molar-refractivity contribution in [2.75, 3.05) is 0 Å². The zero-order valence-corrected chi connectivity index (χ0v) is 9.58. The van der Waals surface area contributed by atoms with Crippen molar-refractivity contribution in [3.63, 3.8) is 0 Å². The van der Waals surface area contributed by atoms with Crippen molar-refractivity contribution in [3.05, 3.63) is 35.4 Å². The summed E-state index contributed by atoms with van der Waals surface area (Å²) in [5, 5.41) is 5.29. The highest BCUT2D eigenvalue weighted by Gasteiger charge is 2.35. The zero-order valence-electron chi connectivity index (χ0n) is 9.58. The van der Waals surface area contributed by atoms with Gasteiger partial charge in [-0.2, -0.15) is 5.10 Å². The molecule has 3 nitrogen and oxygen atoms in total. The van der Waals surface area contributed by atoms with Gasteiger partial charge in [0.1, 0.15) is 11.6 Å². The molecule has 0 radical (unpaired) electrons. The van der Waals surface area contributed by atoms with Gasteiger partial charge in [-0.15, -0.1) is 0 Å². The fourth-order valence-electron chi connectivity index (χ4n) is 1.83. The summed E-state index contributed by atoms with van der Waals surface area (Å²) >= 11 is 0. The Labute approximate surface area is 97.7 Å². The minimum absolute atomic E-state index is 0.240. The largest absolute Gasteiger partial charge is 0.277 e. The molecule has 0 aromatic heterocycles. The summed E-state index contributed by atoms with van der Waals surface area (Å²) in [4.78, 5) is 10.8. The van der Waals surface area contributed by atoms with Gasteiger partial charge in [-0.1, -0.05) is 0 Å². The highest BCUT2D eigenvalue weighted by Crippen LogP contribution is 2.28. The first-order chi connectivity index (χ1) is 7.94. The van der Waals surface area contributed by atoms with Crippen LogP contribution in [0, 0.1) is 11.6 Å². The zero-order chi connectivity index (χ0) is 12.6. The predicted molar refractivity (Wildman–Crippen MR) is 59.5 cm³/mol. The van der Waals surface area contributed by atoms with Crippen molar-refractivity contribution in [2.45, 2.75) is 25.8 Å². The van der Waals surface area contributed by atoms with E-state index in [1.807, 2.05) is 13.8 Å². The van der Waals surface area contributed by atoms with Gasteiger partial charge in [0.05, 0.1) is 11.3 Å². The van der Waals surface area contributed by atoms with E-state index in [-0.39, 0.29) is 5.56 Å². The van der Waals surface area contributed by atoms with Crippen LogP contribution in [0.15, 0.2) is 23.3 Å². The molecule has 0 saturated heterocycles. The lowest BCUT2D eigenvalue weighted by Crippen LogP contribution is -2.35. The van der Waals surface area contributed by atoms with Crippen molar-refractivity contribution in [1.29, 1.82) is 0 Å². The second-order valence-corrected chi connectivity index (χ2v) is 4.61. The molecule has 2 rings (SSSR count). The molecule has 0 fully saturated rings. The number of hydrazone groups is 1. The Morgan fingerprint density at radius 2 is 2.12 bits per heavy atom. The number of hydrogen-bond donors (Lipinski definition) is 0. The standard InChI is InChI=1S/C12H12F2N2O/c1-12(2)6-11(15-16(12)7-17)9-4-3-8(13)5-10(9)14/h3-5,7H,6H2,1-2H3. The Bertz CT molecular complexity index is 497. The maximum Gasteiger partial charge on any atom is 0.230 e. The smallest absolute Gasteiger partial charge is 0.230 e. The van der Waals surface area contributed by atoms with Crippen LogP contribution >= 0.6 is 0 Å². The summed E-state index contributed by atoms with van der Waals surface area (Å²) in [5.41, 5.74) is 0.223. The summed E-state index contributed by atoms with van der Waals surface area (Å²) in [6.45, 7) is 3.67. The minimum Gasteiger partial charge on any atom is -0.277 e. The van der Waals surface area contributed by atoms with Crippen LogP contribution in [0.4, 0.5) is 8.78 Å². The molecule has 0 saturated carbocycles. The van der Waals surface area contributed by atoms with Crippen LogP contribution in [0.1, 0.15) is 25.8 Å². The number of benzene rings is 1. The second kappa shape index (κ2) is 3.91.